The largest absolute Gasteiger partial charge is 0.396 e. The maximum absolute atomic E-state index is 12.6. The lowest BCUT2D eigenvalue weighted by Gasteiger charge is -2.17. The molecule has 0 aliphatic heterocycles. The van der Waals surface area contributed by atoms with Crippen LogP contribution in [0, 0.1) is 0 Å². The van der Waals surface area contributed by atoms with Gasteiger partial charge in [0.1, 0.15) is 0 Å². The van der Waals surface area contributed by atoms with E-state index >= 15 is 0 Å². The van der Waals surface area contributed by atoms with Gasteiger partial charge in [-0.2, -0.15) is 0 Å². The van der Waals surface area contributed by atoms with E-state index in [-0.39, 0.29) is 11.5 Å². The van der Waals surface area contributed by atoms with Crippen LogP contribution in [0.5, 0.6) is 0 Å². The number of amides is 2. The second kappa shape index (κ2) is 10.9. The molecule has 4 N–H and O–H groups in total. The molecular formula is C23H23Cl2N3O4S. The number of aliphatic hydroxyl groups excluding tert-OH is 1. The Morgan fingerprint density at radius 3 is 2.24 bits per heavy atom. The standard InChI is InChI=1S/C23H23Cl2N3O4S/c1-15(20-3-2-4-21(24)22(20)25)26-23(30)27-17-9-11-19(12-10-17)33(31,32)28-18-7-5-16(6-8-18)13-14-29/h2-12,15,28-29H,13-14H2,1H3,(H2,26,27,30)/t15-/m0/s1. The summed E-state index contributed by atoms with van der Waals surface area (Å²) < 4.78 is 27.8. The van der Waals surface area contributed by atoms with Crippen molar-refractivity contribution < 1.29 is 18.3 Å². The summed E-state index contributed by atoms with van der Waals surface area (Å²) >= 11 is 12.2. The fourth-order valence-electron chi connectivity index (χ4n) is 3.10. The van der Waals surface area contributed by atoms with Crippen molar-refractivity contribution in [1.82, 2.24) is 5.32 Å². The minimum atomic E-state index is -3.80. The highest BCUT2D eigenvalue weighted by Gasteiger charge is 2.16. The van der Waals surface area contributed by atoms with E-state index < -0.39 is 22.1 Å². The van der Waals surface area contributed by atoms with E-state index in [9.17, 15) is 13.2 Å². The van der Waals surface area contributed by atoms with Gasteiger partial charge in [0.15, 0.2) is 0 Å². The molecule has 10 heteroatoms. The van der Waals surface area contributed by atoms with E-state index in [0.29, 0.717) is 33.4 Å². The molecule has 174 valence electrons. The zero-order valence-corrected chi connectivity index (χ0v) is 20.0. The van der Waals surface area contributed by atoms with E-state index in [1.165, 1.54) is 24.3 Å². The van der Waals surface area contributed by atoms with E-state index in [4.69, 9.17) is 28.3 Å². The van der Waals surface area contributed by atoms with Gasteiger partial charge in [-0.3, -0.25) is 4.72 Å². The summed E-state index contributed by atoms with van der Waals surface area (Å²) in [6.45, 7) is 1.80. The van der Waals surface area contributed by atoms with Crippen molar-refractivity contribution in [2.45, 2.75) is 24.3 Å². The normalized spacial score (nSPS) is 12.1. The van der Waals surface area contributed by atoms with Gasteiger partial charge < -0.3 is 15.7 Å². The van der Waals surface area contributed by atoms with Crippen molar-refractivity contribution in [3.63, 3.8) is 0 Å². The van der Waals surface area contributed by atoms with Crippen LogP contribution in [-0.2, 0) is 16.4 Å². The molecule has 0 heterocycles. The number of hydrogen-bond acceptors (Lipinski definition) is 4. The zero-order chi connectivity index (χ0) is 24.0. The Hall–Kier alpha value is -2.78. The topological polar surface area (TPSA) is 108 Å². The molecule has 0 aromatic heterocycles. The lowest BCUT2D eigenvalue weighted by Crippen LogP contribution is -2.31. The number of sulfonamides is 1. The van der Waals surface area contributed by atoms with Gasteiger partial charge in [0.25, 0.3) is 10.0 Å². The van der Waals surface area contributed by atoms with Crippen LogP contribution in [0.15, 0.2) is 71.6 Å². The smallest absolute Gasteiger partial charge is 0.319 e. The van der Waals surface area contributed by atoms with Gasteiger partial charge in [-0.25, -0.2) is 13.2 Å². The molecule has 33 heavy (non-hydrogen) atoms. The van der Waals surface area contributed by atoms with Gasteiger partial charge in [0.05, 0.1) is 21.0 Å². The van der Waals surface area contributed by atoms with Crippen molar-refractivity contribution in [3.05, 3.63) is 87.9 Å². The van der Waals surface area contributed by atoms with Crippen LogP contribution in [0.25, 0.3) is 0 Å². The number of carbonyl (C=O) groups excluding carboxylic acids is 1. The van der Waals surface area contributed by atoms with Crippen molar-refractivity contribution >= 4 is 50.6 Å². The minimum Gasteiger partial charge on any atom is -0.396 e. The summed E-state index contributed by atoms with van der Waals surface area (Å²) in [7, 11) is -3.80. The first-order chi connectivity index (χ1) is 15.7. The fourth-order valence-corrected chi connectivity index (χ4v) is 4.63. The number of urea groups is 1. The first-order valence-corrected chi connectivity index (χ1v) is 12.3. The summed E-state index contributed by atoms with van der Waals surface area (Å²) in [5.74, 6) is 0. The van der Waals surface area contributed by atoms with Crippen LogP contribution in [0.1, 0.15) is 24.1 Å². The number of halogens is 2. The van der Waals surface area contributed by atoms with Gasteiger partial charge in [-0.05, 0) is 66.9 Å². The molecule has 3 aromatic carbocycles. The summed E-state index contributed by atoms with van der Waals surface area (Å²) in [5.41, 5.74) is 2.41. The second-order valence-corrected chi connectivity index (χ2v) is 9.73. The van der Waals surface area contributed by atoms with E-state index in [0.717, 1.165) is 5.56 Å². The molecule has 0 fully saturated rings. The molecule has 1 atom stereocenters. The van der Waals surface area contributed by atoms with Gasteiger partial charge >= 0.3 is 6.03 Å². The Kier molecular flexibility index (Phi) is 8.20. The van der Waals surface area contributed by atoms with Crippen molar-refractivity contribution in [2.24, 2.45) is 0 Å². The third kappa shape index (κ3) is 6.61. The number of hydrogen-bond donors (Lipinski definition) is 4. The first-order valence-electron chi connectivity index (χ1n) is 10.0. The maximum Gasteiger partial charge on any atom is 0.319 e. The van der Waals surface area contributed by atoms with Gasteiger partial charge in [-0.15, -0.1) is 0 Å². The average Bonchev–Trinajstić information content (AvgIpc) is 2.77. The quantitative estimate of drug-likeness (QED) is 0.335. The molecule has 3 rings (SSSR count). The van der Waals surface area contributed by atoms with Crippen LogP contribution in [0.2, 0.25) is 10.0 Å². The van der Waals surface area contributed by atoms with Crippen LogP contribution < -0.4 is 15.4 Å². The summed E-state index contributed by atoms with van der Waals surface area (Å²) in [5, 5.41) is 15.2. The van der Waals surface area contributed by atoms with Crippen LogP contribution in [0.3, 0.4) is 0 Å². The Balaban J connectivity index is 1.61. The molecule has 0 saturated heterocycles. The van der Waals surface area contributed by atoms with E-state index in [1.54, 1.807) is 49.4 Å². The van der Waals surface area contributed by atoms with Crippen LogP contribution >= 0.6 is 23.2 Å². The highest BCUT2D eigenvalue weighted by Crippen LogP contribution is 2.29. The summed E-state index contributed by atoms with van der Waals surface area (Å²) in [6.07, 6.45) is 0.500. The molecule has 0 unspecified atom stereocenters. The predicted molar refractivity (Wildman–Crippen MR) is 132 cm³/mol. The van der Waals surface area contributed by atoms with Crippen molar-refractivity contribution in [2.75, 3.05) is 16.6 Å². The maximum atomic E-state index is 12.6. The third-order valence-corrected chi connectivity index (χ3v) is 7.06. The van der Waals surface area contributed by atoms with E-state index in [2.05, 4.69) is 15.4 Å². The number of aliphatic hydroxyl groups is 1. The SMILES string of the molecule is C[C@H](NC(=O)Nc1ccc(S(=O)(=O)Nc2ccc(CCO)cc2)cc1)c1cccc(Cl)c1Cl. The van der Waals surface area contributed by atoms with Crippen LogP contribution in [0.4, 0.5) is 16.2 Å². The third-order valence-electron chi connectivity index (χ3n) is 4.82. The summed E-state index contributed by atoms with van der Waals surface area (Å²) in [6, 6.07) is 16.9. The number of nitrogens with one attached hydrogen (secondary N) is 3. The molecule has 7 nitrogen and oxygen atoms in total. The number of benzene rings is 3. The molecule has 0 spiro atoms. The zero-order valence-electron chi connectivity index (χ0n) is 17.7. The number of carbonyl (C=O) groups is 1. The van der Waals surface area contributed by atoms with Gasteiger partial charge in [0, 0.05) is 18.0 Å². The van der Waals surface area contributed by atoms with Crippen molar-refractivity contribution in [1.29, 1.82) is 0 Å². The lowest BCUT2D eigenvalue weighted by atomic mass is 10.1. The van der Waals surface area contributed by atoms with Gasteiger partial charge in [0.2, 0.25) is 0 Å². The molecular weight excluding hydrogens is 485 g/mol. The Labute approximate surface area is 202 Å². The second-order valence-electron chi connectivity index (χ2n) is 7.26. The average molecular weight is 508 g/mol. The molecule has 2 amide bonds. The Morgan fingerprint density at radius 1 is 0.970 bits per heavy atom. The van der Waals surface area contributed by atoms with Crippen LogP contribution in [-0.4, -0.2) is 26.2 Å². The lowest BCUT2D eigenvalue weighted by molar-refractivity contribution is 0.249. The first kappa shape index (κ1) is 24.9. The molecule has 0 saturated carbocycles. The van der Waals surface area contributed by atoms with Crippen molar-refractivity contribution in [3.8, 4) is 0 Å². The molecule has 0 aliphatic rings. The number of rotatable bonds is 8. The Morgan fingerprint density at radius 2 is 1.61 bits per heavy atom. The van der Waals surface area contributed by atoms with Gasteiger partial charge in [-0.1, -0.05) is 47.5 Å². The molecule has 0 radical (unpaired) electrons. The molecule has 0 aliphatic carbocycles. The molecule has 3 aromatic rings. The minimum absolute atomic E-state index is 0.0245. The number of anilines is 2. The summed E-state index contributed by atoms with van der Waals surface area (Å²) in [4.78, 5) is 12.4. The van der Waals surface area contributed by atoms with E-state index in [1.807, 2.05) is 0 Å². The monoisotopic (exact) mass is 507 g/mol. The molecule has 0 bridgehead atoms. The highest BCUT2D eigenvalue weighted by molar-refractivity contribution is 7.92. The Bertz CT molecular complexity index is 1220. The highest BCUT2D eigenvalue weighted by atomic mass is 35.5. The predicted octanol–water partition coefficient (Wildman–Crippen LogP) is 5.21. The fraction of sp³-hybridized carbons (Fsp3) is 0.174.